The van der Waals surface area contributed by atoms with Gasteiger partial charge in [0, 0.05) is 63.2 Å². The normalized spacial score (nSPS) is 22.4. The maximum atomic E-state index is 15.2. The van der Waals surface area contributed by atoms with Gasteiger partial charge < -0.3 is 82.4 Å². The number of hydrogen-bond acceptors (Lipinski definition) is 16. The van der Waals surface area contributed by atoms with Crippen LogP contribution >= 0.6 is 0 Å². The van der Waals surface area contributed by atoms with Gasteiger partial charge in [-0.15, -0.1) is 0 Å². The van der Waals surface area contributed by atoms with Crippen molar-refractivity contribution < 1.29 is 82.3 Å². The molecule has 0 radical (unpaired) electrons. The highest BCUT2D eigenvalue weighted by Crippen LogP contribution is 2.29. The van der Waals surface area contributed by atoms with Crippen molar-refractivity contribution in [3.63, 3.8) is 0 Å². The number of carbonyl (C=O) groups is 12. The molecule has 0 aromatic heterocycles. The summed E-state index contributed by atoms with van der Waals surface area (Å²) in [5, 5.41) is 59.5. The Labute approximate surface area is 613 Å². The van der Waals surface area contributed by atoms with Crippen LogP contribution in [0.1, 0.15) is 92.9 Å². The van der Waals surface area contributed by atoms with E-state index in [9.17, 15) is 58.5 Å². The van der Waals surface area contributed by atoms with Gasteiger partial charge >= 0.3 is 17.9 Å². The standard InChI is InChI=1S/C78H93N11O17/c1-44(79-6)67(92)82-58(30-31-65(90)91)74(99)89-43-57-41-64(89)73(98)84-60(39-49-21-25-51-15-9-11-17-54(51)35-49)71(96)85-61(76(101)102)36-46-18-26-52(27-19-46)69(94)81-55-40-63(88(42-55)75(100)66(78(3,4)5)87-68(93)45(2)80-7)72(97)83-59(38-48-20-24-50-14-8-10-16-53(50)34-48)70(95)86-62(77(103)104)37-47-22-28-56(29-23-47)105-32-12-13-33-106-57/h8-29,34-35,44-45,55,57-64,66,79-80H,30-33,36-43H2,1-7H3,(H,81,94)(H,82,92)(H,83,97)(H,84,98)(H,85,96)(H,86,95)(H,87,93)(H,90,91)(H,101,102)(H,103,104)/b13-12+/t44-,45-,55-,57-,58-,59-,60-,61-,62-,63-,64-,66+/m0/s1. The number of carboxylic acid groups (broad SMARTS) is 3. The second-order valence-corrected chi connectivity index (χ2v) is 28.2. The zero-order chi connectivity index (χ0) is 76.5. The molecule has 562 valence electrons. The fourth-order valence-corrected chi connectivity index (χ4v) is 13.0. The molecule has 2 saturated heterocycles. The molecule has 2 fully saturated rings. The molecule has 0 aliphatic carbocycles. The average molecular weight is 1460 g/mol. The quantitative estimate of drug-likeness (QED) is 0.0584. The molecule has 8 bridgehead atoms. The molecule has 106 heavy (non-hydrogen) atoms. The molecule has 0 spiro atoms. The highest BCUT2D eigenvalue weighted by molar-refractivity contribution is 5.99. The summed E-state index contributed by atoms with van der Waals surface area (Å²) in [6, 6.07) is 24.1. The number of likely N-dealkylation sites (N-methyl/N-ethyl adjacent to an activating group) is 2. The van der Waals surface area contributed by atoms with Crippen LogP contribution in [0.5, 0.6) is 5.75 Å². The number of amides is 9. The van der Waals surface area contributed by atoms with E-state index in [0.717, 1.165) is 21.5 Å². The van der Waals surface area contributed by atoms with Gasteiger partial charge in [-0.25, -0.2) is 9.59 Å². The number of carboxylic acids is 3. The van der Waals surface area contributed by atoms with Crippen LogP contribution in [0.3, 0.4) is 0 Å². The predicted octanol–water partition coefficient (Wildman–Crippen LogP) is 3.10. The highest BCUT2D eigenvalue weighted by Gasteiger charge is 2.48. The van der Waals surface area contributed by atoms with Crippen LogP contribution in [0.2, 0.25) is 0 Å². The van der Waals surface area contributed by atoms with Crippen LogP contribution in [0, 0.1) is 5.41 Å². The van der Waals surface area contributed by atoms with E-state index in [1.54, 1.807) is 83.3 Å². The van der Waals surface area contributed by atoms with E-state index in [-0.39, 0.29) is 76.8 Å². The molecule has 12 N–H and O–H groups in total. The Kier molecular flexibility index (Phi) is 26.9. The van der Waals surface area contributed by atoms with Crippen LogP contribution in [0.15, 0.2) is 146 Å². The number of benzene rings is 6. The van der Waals surface area contributed by atoms with Crippen molar-refractivity contribution in [2.24, 2.45) is 5.41 Å². The van der Waals surface area contributed by atoms with Crippen molar-refractivity contribution >= 4 is 92.6 Å². The van der Waals surface area contributed by atoms with Gasteiger partial charge in [0.25, 0.3) is 5.91 Å². The van der Waals surface area contributed by atoms with Crippen LogP contribution in [0.4, 0.5) is 0 Å². The van der Waals surface area contributed by atoms with Crippen LogP contribution in [-0.4, -0.2) is 209 Å². The number of rotatable bonds is 17. The number of ether oxygens (including phenoxy) is 2. The van der Waals surface area contributed by atoms with E-state index >= 15 is 14.4 Å². The van der Waals surface area contributed by atoms with Crippen LogP contribution < -0.4 is 52.6 Å². The fraction of sp³-hybridized carbons (Fsp3) is 0.410. The first-order valence-electron chi connectivity index (χ1n) is 35.3. The van der Waals surface area contributed by atoms with Crippen LogP contribution in [-0.2, 0) is 83.2 Å². The minimum absolute atomic E-state index is 0.0125. The average Bonchev–Trinajstić information content (AvgIpc) is 1.63. The van der Waals surface area contributed by atoms with E-state index in [0.29, 0.717) is 28.0 Å². The Balaban J connectivity index is 1.05. The third-order valence-electron chi connectivity index (χ3n) is 19.3. The maximum Gasteiger partial charge on any atom is 0.326 e. The van der Waals surface area contributed by atoms with E-state index in [4.69, 9.17) is 9.47 Å². The lowest BCUT2D eigenvalue weighted by Crippen LogP contribution is -2.61. The first kappa shape index (κ1) is 79.0. The SMILES string of the molecule is CN[C@@H](C)C(=O)N[C@@H](CCC(=O)O)C(=O)N1C[C@@H]2C[C@H]1C(=O)N[C@@H](Cc1ccc3ccccc3c1)C(=O)N[C@H](C(=O)O)Cc1ccc(cc1)C(=O)N[C@H]1C[C@@H](C(=O)N[C@@H](Cc3ccc4ccccc4c3)C(=O)N[C@H](C(=O)O)Cc3ccc(cc3)OC/C=C/CO2)N(C(=O)[C@@H](NC(=O)[C@H](C)NC)C(C)(C)C)C1. The predicted molar refractivity (Wildman–Crippen MR) is 392 cm³/mol. The van der Waals surface area contributed by atoms with Gasteiger partial charge in [-0.2, -0.15) is 0 Å². The number of fused-ring (bicyclic) bond motifs is 2. The third kappa shape index (κ3) is 21.1. The van der Waals surface area contributed by atoms with Crippen molar-refractivity contribution in [3.05, 3.63) is 173 Å². The molecule has 0 saturated carbocycles. The smallest absolute Gasteiger partial charge is 0.326 e. The van der Waals surface area contributed by atoms with Gasteiger partial charge in [0.1, 0.15) is 60.7 Å². The molecule has 28 nitrogen and oxygen atoms in total. The van der Waals surface area contributed by atoms with E-state index in [1.807, 2.05) is 72.8 Å². The lowest BCUT2D eigenvalue weighted by atomic mass is 9.85. The molecule has 6 aromatic carbocycles. The Morgan fingerprint density at radius 1 is 0.547 bits per heavy atom. The number of carbonyl (C=O) groups excluding carboxylic acids is 9. The van der Waals surface area contributed by atoms with Gasteiger partial charge in [0.05, 0.1) is 24.8 Å². The van der Waals surface area contributed by atoms with Gasteiger partial charge in [0.2, 0.25) is 47.3 Å². The molecule has 12 rings (SSSR count). The van der Waals surface area contributed by atoms with Crippen LogP contribution in [0.25, 0.3) is 21.5 Å². The number of aliphatic carboxylic acids is 3. The summed E-state index contributed by atoms with van der Waals surface area (Å²) < 4.78 is 12.2. The van der Waals surface area contributed by atoms with Gasteiger partial charge in [-0.3, -0.25) is 47.9 Å². The zero-order valence-corrected chi connectivity index (χ0v) is 60.2. The number of likely N-dealkylation sites (tertiary alicyclic amines) is 2. The Morgan fingerprint density at radius 3 is 1.53 bits per heavy atom. The highest BCUT2D eigenvalue weighted by atomic mass is 16.5. The monoisotopic (exact) mass is 1460 g/mol. The Bertz CT molecular complexity index is 4260. The minimum Gasteiger partial charge on any atom is -0.490 e. The van der Waals surface area contributed by atoms with E-state index < -0.39 is 155 Å². The topological polar surface area (TPSA) is 399 Å². The summed E-state index contributed by atoms with van der Waals surface area (Å²) in [6.45, 7) is 7.83. The fourth-order valence-electron chi connectivity index (χ4n) is 13.0. The summed E-state index contributed by atoms with van der Waals surface area (Å²) in [4.78, 5) is 172. The second-order valence-electron chi connectivity index (χ2n) is 28.2. The van der Waals surface area contributed by atoms with Crippen molar-refractivity contribution in [3.8, 4) is 5.75 Å². The van der Waals surface area contributed by atoms with E-state index in [1.165, 1.54) is 48.0 Å². The maximum absolute atomic E-state index is 15.2. The molecule has 6 aliphatic heterocycles. The Hall–Kier alpha value is -11.1. The summed E-state index contributed by atoms with van der Waals surface area (Å²) in [5.41, 5.74) is 1.13. The summed E-state index contributed by atoms with van der Waals surface area (Å²) in [6.07, 6.45) is 0.378. The number of nitrogens with zero attached hydrogens (tertiary/aromatic N) is 2. The van der Waals surface area contributed by atoms with Crippen molar-refractivity contribution in [1.82, 2.24) is 57.7 Å². The summed E-state index contributed by atoms with van der Waals surface area (Å²) >= 11 is 0. The summed E-state index contributed by atoms with van der Waals surface area (Å²) in [5.74, 6) is -10.4. The molecule has 6 aromatic rings. The van der Waals surface area contributed by atoms with Crippen molar-refractivity contribution in [2.45, 2.75) is 159 Å². The first-order chi connectivity index (χ1) is 50.5. The molecule has 28 heteroatoms. The first-order valence-corrected chi connectivity index (χ1v) is 35.3. The van der Waals surface area contributed by atoms with Gasteiger partial charge in [-0.05, 0) is 120 Å². The molecule has 9 amide bonds. The van der Waals surface area contributed by atoms with Gasteiger partial charge in [-0.1, -0.05) is 136 Å². The number of nitrogens with one attached hydrogen (secondary N) is 9. The third-order valence-corrected chi connectivity index (χ3v) is 19.3. The molecule has 0 unspecified atom stereocenters. The lowest BCUT2D eigenvalue weighted by molar-refractivity contribution is -0.145. The molecule has 6 heterocycles. The van der Waals surface area contributed by atoms with Gasteiger partial charge in [0.15, 0.2) is 0 Å². The zero-order valence-electron chi connectivity index (χ0n) is 60.2. The summed E-state index contributed by atoms with van der Waals surface area (Å²) in [7, 11) is 3.10. The van der Waals surface area contributed by atoms with E-state index in [2.05, 4.69) is 47.9 Å². The van der Waals surface area contributed by atoms with Crippen molar-refractivity contribution in [1.29, 1.82) is 0 Å². The molecule has 12 atom stereocenters. The molecule has 6 aliphatic rings. The number of hydrogen-bond donors (Lipinski definition) is 12. The Morgan fingerprint density at radius 2 is 1.03 bits per heavy atom. The minimum atomic E-state index is -1.63. The lowest BCUT2D eigenvalue weighted by Gasteiger charge is -2.36. The molecular weight excluding hydrogens is 1360 g/mol. The second kappa shape index (κ2) is 36.1. The molecular formula is C78H93N11O17. The largest absolute Gasteiger partial charge is 0.490 e. The van der Waals surface area contributed by atoms with Crippen molar-refractivity contribution in [2.75, 3.05) is 40.4 Å².